The summed E-state index contributed by atoms with van der Waals surface area (Å²) in [5.41, 5.74) is 0.533. The van der Waals surface area contributed by atoms with E-state index in [0.29, 0.717) is 5.41 Å². The highest BCUT2D eigenvalue weighted by atomic mass is 14.1. The highest BCUT2D eigenvalue weighted by Crippen LogP contribution is 2.22. The molecule has 0 aliphatic heterocycles. The highest BCUT2D eigenvalue weighted by Gasteiger charge is 2.08. The second-order valence-electron chi connectivity index (χ2n) is 6.92. The van der Waals surface area contributed by atoms with Crippen molar-refractivity contribution in [1.82, 2.24) is 0 Å². The van der Waals surface area contributed by atoms with Crippen LogP contribution in [0.1, 0.15) is 97.8 Å². The molecule has 0 unspecified atom stereocenters. The molecule has 0 aliphatic rings. The van der Waals surface area contributed by atoms with Gasteiger partial charge in [0, 0.05) is 0 Å². The molecular formula is C18H36. The molecule has 0 atom stereocenters. The molecule has 0 N–H and O–H groups in total. The van der Waals surface area contributed by atoms with Crippen LogP contribution in [-0.2, 0) is 0 Å². The first-order chi connectivity index (χ1) is 8.56. The van der Waals surface area contributed by atoms with E-state index >= 15 is 0 Å². The lowest BCUT2D eigenvalue weighted by Crippen LogP contribution is -2.03. The van der Waals surface area contributed by atoms with Crippen LogP contribution in [-0.4, -0.2) is 0 Å². The fourth-order valence-electron chi connectivity index (χ4n) is 2.36. The van der Waals surface area contributed by atoms with Gasteiger partial charge in [0.25, 0.3) is 0 Å². The van der Waals surface area contributed by atoms with Crippen LogP contribution < -0.4 is 0 Å². The molecule has 0 saturated heterocycles. The summed E-state index contributed by atoms with van der Waals surface area (Å²) in [6.07, 6.45) is 18.9. The molecule has 0 aromatic rings. The Morgan fingerprint density at radius 2 is 1.06 bits per heavy atom. The van der Waals surface area contributed by atoms with Gasteiger partial charge < -0.3 is 0 Å². The van der Waals surface area contributed by atoms with Crippen LogP contribution >= 0.6 is 0 Å². The largest absolute Gasteiger partial charge is 0.103 e. The molecule has 0 saturated carbocycles. The predicted octanol–water partition coefficient (Wildman–Crippen LogP) is 6.90. The standard InChI is InChI=1S/C18H36/c1-5-6-7-8-9-10-11-12-13-14-15-16-17-18(2,3)4/h5H,1,6-17H2,2-4H3. The van der Waals surface area contributed by atoms with E-state index in [2.05, 4.69) is 27.4 Å². The van der Waals surface area contributed by atoms with Crippen molar-refractivity contribution in [2.75, 3.05) is 0 Å². The van der Waals surface area contributed by atoms with Gasteiger partial charge in [-0.15, -0.1) is 6.58 Å². The molecule has 0 bridgehead atoms. The third kappa shape index (κ3) is 15.7. The van der Waals surface area contributed by atoms with Crippen LogP contribution in [0.25, 0.3) is 0 Å². The Balaban J connectivity index is 3.01. The minimum absolute atomic E-state index is 0.533. The summed E-state index contributed by atoms with van der Waals surface area (Å²) in [7, 11) is 0. The quantitative estimate of drug-likeness (QED) is 0.262. The van der Waals surface area contributed by atoms with Crippen LogP contribution in [0.4, 0.5) is 0 Å². The maximum Gasteiger partial charge on any atom is -0.0353 e. The molecule has 0 radical (unpaired) electrons. The third-order valence-corrected chi connectivity index (χ3v) is 3.59. The average Bonchev–Trinajstić information content (AvgIpc) is 2.29. The summed E-state index contributed by atoms with van der Waals surface area (Å²) >= 11 is 0. The van der Waals surface area contributed by atoms with E-state index in [1.807, 2.05) is 6.08 Å². The summed E-state index contributed by atoms with van der Waals surface area (Å²) in [6.45, 7) is 10.8. The smallest absolute Gasteiger partial charge is 0.0353 e. The van der Waals surface area contributed by atoms with Gasteiger partial charge in [-0.05, 0) is 24.7 Å². The van der Waals surface area contributed by atoms with Crippen molar-refractivity contribution in [2.45, 2.75) is 97.8 Å². The highest BCUT2D eigenvalue weighted by molar-refractivity contribution is 4.65. The zero-order valence-electron chi connectivity index (χ0n) is 13.3. The minimum atomic E-state index is 0.533. The zero-order chi connectivity index (χ0) is 13.7. The van der Waals surface area contributed by atoms with E-state index in [1.165, 1.54) is 77.0 Å². The minimum Gasteiger partial charge on any atom is -0.103 e. The lowest BCUT2D eigenvalue weighted by atomic mass is 9.89. The summed E-state index contributed by atoms with van der Waals surface area (Å²) < 4.78 is 0. The van der Waals surface area contributed by atoms with Crippen molar-refractivity contribution in [2.24, 2.45) is 5.41 Å². The SMILES string of the molecule is C=CCCCCCCCCCCCCC(C)(C)C. The Labute approximate surface area is 116 Å². The van der Waals surface area contributed by atoms with Gasteiger partial charge in [0.15, 0.2) is 0 Å². The lowest BCUT2D eigenvalue weighted by molar-refractivity contribution is 0.356. The van der Waals surface area contributed by atoms with Crippen molar-refractivity contribution in [3.63, 3.8) is 0 Å². The van der Waals surface area contributed by atoms with Gasteiger partial charge in [0.1, 0.15) is 0 Å². The summed E-state index contributed by atoms with van der Waals surface area (Å²) in [5, 5.41) is 0. The number of rotatable bonds is 12. The van der Waals surface area contributed by atoms with Gasteiger partial charge in [-0.1, -0.05) is 84.6 Å². The molecule has 108 valence electrons. The predicted molar refractivity (Wildman–Crippen MR) is 85.1 cm³/mol. The maximum atomic E-state index is 3.76. The Morgan fingerprint density at radius 3 is 1.44 bits per heavy atom. The van der Waals surface area contributed by atoms with Crippen LogP contribution in [0, 0.1) is 5.41 Å². The molecule has 0 amide bonds. The van der Waals surface area contributed by atoms with Gasteiger partial charge in [-0.25, -0.2) is 0 Å². The van der Waals surface area contributed by atoms with Gasteiger partial charge in [0.2, 0.25) is 0 Å². The van der Waals surface area contributed by atoms with Crippen molar-refractivity contribution in [3.8, 4) is 0 Å². The van der Waals surface area contributed by atoms with E-state index < -0.39 is 0 Å². The Hall–Kier alpha value is -0.260. The fraction of sp³-hybridized carbons (Fsp3) is 0.889. The molecule has 0 aromatic carbocycles. The average molecular weight is 252 g/mol. The monoisotopic (exact) mass is 252 g/mol. The fourth-order valence-corrected chi connectivity index (χ4v) is 2.36. The first kappa shape index (κ1) is 17.7. The second-order valence-corrected chi connectivity index (χ2v) is 6.92. The Morgan fingerprint density at radius 1 is 0.667 bits per heavy atom. The topological polar surface area (TPSA) is 0 Å². The van der Waals surface area contributed by atoms with Crippen LogP contribution in [0.15, 0.2) is 12.7 Å². The summed E-state index contributed by atoms with van der Waals surface area (Å²) in [5.74, 6) is 0. The maximum absolute atomic E-state index is 3.76. The first-order valence-electron chi connectivity index (χ1n) is 8.17. The van der Waals surface area contributed by atoms with Crippen molar-refractivity contribution < 1.29 is 0 Å². The second kappa shape index (κ2) is 11.8. The molecular weight excluding hydrogens is 216 g/mol. The number of hydrogen-bond acceptors (Lipinski definition) is 0. The van der Waals surface area contributed by atoms with Crippen LogP contribution in [0.5, 0.6) is 0 Å². The molecule has 0 aromatic heterocycles. The van der Waals surface area contributed by atoms with Gasteiger partial charge in [-0.3, -0.25) is 0 Å². The van der Waals surface area contributed by atoms with E-state index in [9.17, 15) is 0 Å². The van der Waals surface area contributed by atoms with Gasteiger partial charge in [-0.2, -0.15) is 0 Å². The molecule has 0 aliphatic carbocycles. The van der Waals surface area contributed by atoms with E-state index in [4.69, 9.17) is 0 Å². The van der Waals surface area contributed by atoms with E-state index in [0.717, 1.165) is 0 Å². The molecule has 0 heteroatoms. The first-order valence-corrected chi connectivity index (χ1v) is 8.17. The molecule has 0 spiro atoms. The lowest BCUT2D eigenvalue weighted by Gasteiger charge is -2.17. The molecule has 0 rings (SSSR count). The molecule has 0 nitrogen and oxygen atoms in total. The normalized spacial score (nSPS) is 11.7. The van der Waals surface area contributed by atoms with Crippen LogP contribution in [0.3, 0.4) is 0 Å². The molecule has 18 heavy (non-hydrogen) atoms. The van der Waals surface area contributed by atoms with Crippen molar-refractivity contribution in [1.29, 1.82) is 0 Å². The third-order valence-electron chi connectivity index (χ3n) is 3.59. The summed E-state index contributed by atoms with van der Waals surface area (Å²) in [4.78, 5) is 0. The van der Waals surface area contributed by atoms with Crippen molar-refractivity contribution >= 4 is 0 Å². The van der Waals surface area contributed by atoms with Gasteiger partial charge >= 0.3 is 0 Å². The van der Waals surface area contributed by atoms with Gasteiger partial charge in [0.05, 0.1) is 0 Å². The van der Waals surface area contributed by atoms with E-state index in [-0.39, 0.29) is 0 Å². The number of hydrogen-bond donors (Lipinski definition) is 0. The molecule has 0 heterocycles. The van der Waals surface area contributed by atoms with Crippen LogP contribution in [0.2, 0.25) is 0 Å². The molecule has 0 fully saturated rings. The van der Waals surface area contributed by atoms with Crippen molar-refractivity contribution in [3.05, 3.63) is 12.7 Å². The summed E-state index contributed by atoms with van der Waals surface area (Å²) in [6, 6.07) is 0. The Bertz CT molecular complexity index is 173. The van der Waals surface area contributed by atoms with E-state index in [1.54, 1.807) is 0 Å². The number of allylic oxidation sites excluding steroid dienone is 1. The Kier molecular flexibility index (Phi) is 11.6. The number of unbranched alkanes of at least 4 members (excludes halogenated alkanes) is 10. The zero-order valence-corrected chi connectivity index (χ0v) is 13.3.